The molecule has 0 spiro atoms. The predicted molar refractivity (Wildman–Crippen MR) is 40.8 cm³/mol. The van der Waals surface area contributed by atoms with Crippen molar-refractivity contribution in [2.75, 3.05) is 0 Å². The van der Waals surface area contributed by atoms with Crippen molar-refractivity contribution in [2.24, 2.45) is 0 Å². The van der Waals surface area contributed by atoms with Crippen LogP contribution in [-0.2, 0) is 4.79 Å². The summed E-state index contributed by atoms with van der Waals surface area (Å²) in [4.78, 5) is 9.93. The standard InChI is InChI=1S/C8H12O2/c1-2-3-4-5-6-7-8(9)10/h2-3,6-7H,4-5H2,1H3,(H,9,10)/b3-2+,7-6+. The molecule has 0 unspecified atom stereocenters. The van der Waals surface area contributed by atoms with Gasteiger partial charge in [0, 0.05) is 6.08 Å². The first-order valence-corrected chi connectivity index (χ1v) is 3.28. The second kappa shape index (κ2) is 6.08. The first-order valence-electron chi connectivity index (χ1n) is 3.28. The molecule has 2 heteroatoms. The van der Waals surface area contributed by atoms with E-state index in [1.54, 1.807) is 6.08 Å². The van der Waals surface area contributed by atoms with Crippen LogP contribution in [-0.4, -0.2) is 11.1 Å². The fraction of sp³-hybridized carbons (Fsp3) is 0.375. The summed E-state index contributed by atoms with van der Waals surface area (Å²) in [5.41, 5.74) is 0. The Kier molecular flexibility index (Phi) is 5.44. The van der Waals surface area contributed by atoms with Gasteiger partial charge in [0.2, 0.25) is 0 Å². The zero-order valence-corrected chi connectivity index (χ0v) is 6.08. The van der Waals surface area contributed by atoms with Crippen LogP contribution in [0.1, 0.15) is 19.8 Å². The largest absolute Gasteiger partial charge is 0.478 e. The number of carboxylic acids is 1. The molecule has 0 heterocycles. The van der Waals surface area contributed by atoms with Gasteiger partial charge in [-0.25, -0.2) is 4.79 Å². The van der Waals surface area contributed by atoms with Crippen LogP contribution < -0.4 is 0 Å². The molecule has 0 atom stereocenters. The summed E-state index contributed by atoms with van der Waals surface area (Å²) in [6.45, 7) is 1.95. The quantitative estimate of drug-likeness (QED) is 0.368. The molecule has 1 N–H and O–H groups in total. The summed E-state index contributed by atoms with van der Waals surface area (Å²) in [5.74, 6) is -0.875. The number of carbonyl (C=O) groups is 1. The number of allylic oxidation sites excluding steroid dienone is 3. The van der Waals surface area contributed by atoms with Crippen LogP contribution in [0, 0.1) is 0 Å². The van der Waals surface area contributed by atoms with E-state index in [1.165, 1.54) is 6.08 Å². The summed E-state index contributed by atoms with van der Waals surface area (Å²) < 4.78 is 0. The maximum atomic E-state index is 9.93. The Morgan fingerprint density at radius 2 is 2.00 bits per heavy atom. The van der Waals surface area contributed by atoms with Gasteiger partial charge in [-0.3, -0.25) is 0 Å². The highest BCUT2D eigenvalue weighted by Crippen LogP contribution is 1.91. The lowest BCUT2D eigenvalue weighted by Gasteiger charge is -1.82. The van der Waals surface area contributed by atoms with Gasteiger partial charge in [0.1, 0.15) is 0 Å². The van der Waals surface area contributed by atoms with Gasteiger partial charge in [0.25, 0.3) is 0 Å². The molecule has 2 nitrogen and oxygen atoms in total. The zero-order valence-electron chi connectivity index (χ0n) is 6.08. The van der Waals surface area contributed by atoms with Crippen molar-refractivity contribution in [3.8, 4) is 0 Å². The number of hydrogen-bond acceptors (Lipinski definition) is 1. The van der Waals surface area contributed by atoms with Crippen molar-refractivity contribution in [1.82, 2.24) is 0 Å². The average Bonchev–Trinajstić information content (AvgIpc) is 1.87. The Hall–Kier alpha value is -1.05. The van der Waals surface area contributed by atoms with Crippen molar-refractivity contribution >= 4 is 5.97 Å². The van der Waals surface area contributed by atoms with E-state index in [0.717, 1.165) is 12.8 Å². The lowest BCUT2D eigenvalue weighted by atomic mass is 10.3. The van der Waals surface area contributed by atoms with Crippen molar-refractivity contribution in [3.63, 3.8) is 0 Å². The van der Waals surface area contributed by atoms with Gasteiger partial charge in [-0.2, -0.15) is 0 Å². The highest BCUT2D eigenvalue weighted by molar-refractivity contribution is 5.79. The highest BCUT2D eigenvalue weighted by Gasteiger charge is 1.82. The van der Waals surface area contributed by atoms with E-state index >= 15 is 0 Å². The number of unbranched alkanes of at least 4 members (excludes halogenated alkanes) is 1. The predicted octanol–water partition coefficient (Wildman–Crippen LogP) is 1.98. The number of carboxylic acid groups (broad SMARTS) is 1. The summed E-state index contributed by atoms with van der Waals surface area (Å²) in [5, 5.41) is 8.17. The molecular formula is C8H12O2. The van der Waals surface area contributed by atoms with Crippen LogP contribution in [0.3, 0.4) is 0 Å². The Labute approximate surface area is 60.9 Å². The number of hydrogen-bond donors (Lipinski definition) is 1. The van der Waals surface area contributed by atoms with Crippen LogP contribution in [0.15, 0.2) is 24.3 Å². The molecular weight excluding hydrogens is 128 g/mol. The zero-order chi connectivity index (χ0) is 7.82. The molecule has 0 bridgehead atoms. The van der Waals surface area contributed by atoms with Crippen LogP contribution in [0.2, 0.25) is 0 Å². The normalized spacial score (nSPS) is 11.3. The average molecular weight is 140 g/mol. The fourth-order valence-corrected chi connectivity index (χ4v) is 0.543. The third-order valence-corrected chi connectivity index (χ3v) is 0.996. The van der Waals surface area contributed by atoms with Crippen LogP contribution in [0.25, 0.3) is 0 Å². The van der Waals surface area contributed by atoms with Gasteiger partial charge in [-0.1, -0.05) is 18.2 Å². The Morgan fingerprint density at radius 3 is 2.50 bits per heavy atom. The first-order chi connectivity index (χ1) is 4.77. The molecule has 0 rings (SSSR count). The number of rotatable bonds is 4. The topological polar surface area (TPSA) is 37.3 Å². The van der Waals surface area contributed by atoms with E-state index in [4.69, 9.17) is 5.11 Å². The maximum absolute atomic E-state index is 9.93. The minimum atomic E-state index is -0.875. The van der Waals surface area contributed by atoms with Gasteiger partial charge < -0.3 is 5.11 Å². The van der Waals surface area contributed by atoms with E-state index in [1.807, 2.05) is 19.1 Å². The van der Waals surface area contributed by atoms with E-state index in [2.05, 4.69) is 0 Å². The maximum Gasteiger partial charge on any atom is 0.327 e. The molecule has 0 radical (unpaired) electrons. The lowest BCUT2D eigenvalue weighted by Crippen LogP contribution is -1.84. The van der Waals surface area contributed by atoms with Gasteiger partial charge in [0.05, 0.1) is 0 Å². The van der Waals surface area contributed by atoms with E-state index < -0.39 is 5.97 Å². The molecule has 0 saturated carbocycles. The smallest absolute Gasteiger partial charge is 0.327 e. The number of aliphatic carboxylic acids is 1. The minimum absolute atomic E-state index is 0.802. The molecule has 0 aromatic rings. The summed E-state index contributed by atoms with van der Waals surface area (Å²) >= 11 is 0. The van der Waals surface area contributed by atoms with Crippen LogP contribution >= 0.6 is 0 Å². The van der Waals surface area contributed by atoms with Crippen LogP contribution in [0.5, 0.6) is 0 Å². The Balaban J connectivity index is 3.27. The van der Waals surface area contributed by atoms with Crippen molar-refractivity contribution in [3.05, 3.63) is 24.3 Å². The van der Waals surface area contributed by atoms with Crippen molar-refractivity contribution in [1.29, 1.82) is 0 Å². The third kappa shape index (κ3) is 6.95. The highest BCUT2D eigenvalue weighted by atomic mass is 16.4. The van der Waals surface area contributed by atoms with Crippen LogP contribution in [0.4, 0.5) is 0 Å². The van der Waals surface area contributed by atoms with Crippen molar-refractivity contribution < 1.29 is 9.90 Å². The Bertz CT molecular complexity index is 145. The van der Waals surface area contributed by atoms with E-state index in [9.17, 15) is 4.79 Å². The van der Waals surface area contributed by atoms with E-state index in [0.29, 0.717) is 0 Å². The molecule has 0 aliphatic rings. The molecule has 0 fully saturated rings. The molecule has 0 saturated heterocycles. The first kappa shape index (κ1) is 8.95. The van der Waals surface area contributed by atoms with E-state index in [-0.39, 0.29) is 0 Å². The van der Waals surface area contributed by atoms with Gasteiger partial charge in [-0.15, -0.1) is 0 Å². The second-order valence-electron chi connectivity index (χ2n) is 1.89. The molecule has 0 amide bonds. The lowest BCUT2D eigenvalue weighted by molar-refractivity contribution is -0.131. The van der Waals surface area contributed by atoms with Gasteiger partial charge in [-0.05, 0) is 19.8 Å². The molecule has 0 aromatic heterocycles. The summed E-state index contributed by atoms with van der Waals surface area (Å²) in [6.07, 6.45) is 8.50. The molecule has 10 heavy (non-hydrogen) atoms. The van der Waals surface area contributed by atoms with Crippen molar-refractivity contribution in [2.45, 2.75) is 19.8 Å². The van der Waals surface area contributed by atoms with Gasteiger partial charge in [0.15, 0.2) is 0 Å². The molecule has 0 aromatic carbocycles. The minimum Gasteiger partial charge on any atom is -0.478 e. The summed E-state index contributed by atoms with van der Waals surface area (Å²) in [6, 6.07) is 0. The Morgan fingerprint density at radius 1 is 1.40 bits per heavy atom. The van der Waals surface area contributed by atoms with Gasteiger partial charge >= 0.3 is 5.97 Å². The monoisotopic (exact) mass is 140 g/mol. The third-order valence-electron chi connectivity index (χ3n) is 0.996. The second-order valence-corrected chi connectivity index (χ2v) is 1.89. The fourth-order valence-electron chi connectivity index (χ4n) is 0.543. The molecule has 0 aliphatic carbocycles. The summed E-state index contributed by atoms with van der Waals surface area (Å²) in [7, 11) is 0. The molecule has 56 valence electrons. The SMILES string of the molecule is C/C=C/CC/C=C/C(=O)O. The molecule has 0 aliphatic heterocycles.